The topological polar surface area (TPSA) is 54.4 Å². The van der Waals surface area contributed by atoms with Crippen LogP contribution >= 0.6 is 34.2 Å². The number of hydrogen-bond acceptors (Lipinski definition) is 3. The number of benzene rings is 1. The van der Waals surface area contributed by atoms with Crippen LogP contribution in [0.1, 0.15) is 11.7 Å². The zero-order chi connectivity index (χ0) is 11.7. The summed E-state index contributed by atoms with van der Waals surface area (Å²) in [6, 6.07) is 8.46. The monoisotopic (exact) mass is 360 g/mol. The van der Waals surface area contributed by atoms with Gasteiger partial charge in [-0.25, -0.2) is 8.42 Å². The van der Waals surface area contributed by atoms with Crippen LogP contribution in [0.4, 0.5) is 0 Å². The van der Waals surface area contributed by atoms with E-state index in [0.717, 1.165) is 6.26 Å². The van der Waals surface area contributed by atoms with Crippen molar-refractivity contribution in [3.05, 3.63) is 35.9 Å². The van der Waals surface area contributed by atoms with Crippen molar-refractivity contribution in [3.8, 4) is 0 Å². The second-order valence-electron chi connectivity index (χ2n) is 3.15. The zero-order valence-corrected chi connectivity index (χ0v) is 11.6. The normalized spacial score (nSPS) is 18.1. The molecule has 3 nitrogen and oxygen atoms in total. The predicted octanol–water partition coefficient (Wildman–Crippen LogP) is 2.09. The maximum Gasteiger partial charge on any atom is 0.224 e. The summed E-state index contributed by atoms with van der Waals surface area (Å²) < 4.78 is 21.0. The molecule has 0 saturated heterocycles. The van der Waals surface area contributed by atoms with Crippen LogP contribution in [0, 0.1) is 0 Å². The summed E-state index contributed by atoms with van der Waals surface area (Å²) in [4.78, 5) is 0. The van der Waals surface area contributed by atoms with Gasteiger partial charge in [-0.3, -0.25) is 0 Å². The number of hydrogen-bond donors (Lipinski definition) is 1. The lowest BCUT2D eigenvalue weighted by Gasteiger charge is -2.24. The molecule has 1 aromatic rings. The highest BCUT2D eigenvalue weighted by atomic mass is 127. The van der Waals surface area contributed by atoms with E-state index in [1.807, 2.05) is 0 Å². The van der Waals surface area contributed by atoms with Crippen LogP contribution in [0.15, 0.2) is 30.3 Å². The van der Waals surface area contributed by atoms with Gasteiger partial charge < -0.3 is 5.11 Å². The molecule has 1 N–H and O–H groups in total. The molecule has 2 atom stereocenters. The van der Waals surface area contributed by atoms with Gasteiger partial charge in [0.1, 0.15) is 6.10 Å². The fourth-order valence-corrected chi connectivity index (χ4v) is 2.06. The van der Waals surface area contributed by atoms with Gasteiger partial charge >= 0.3 is 0 Å². The fraction of sp³-hybridized carbons (Fsp3) is 0.333. The van der Waals surface area contributed by atoms with Gasteiger partial charge in [-0.15, -0.1) is 0 Å². The minimum atomic E-state index is -3.55. The van der Waals surface area contributed by atoms with Gasteiger partial charge in [-0.2, -0.15) is 0 Å². The Morgan fingerprint density at radius 1 is 1.40 bits per heavy atom. The SMILES string of the molecule is CS(=O)(=O)[C@](Cl)(I)[C@H](O)c1ccccc1. The first-order valence-corrected chi connectivity index (χ1v) is 7.42. The summed E-state index contributed by atoms with van der Waals surface area (Å²) in [6.07, 6.45) is -0.255. The number of halogens is 2. The van der Waals surface area contributed by atoms with E-state index in [-0.39, 0.29) is 0 Å². The minimum absolute atomic E-state index is 0.479. The smallest absolute Gasteiger partial charge is 0.224 e. The molecular weight excluding hydrogens is 351 g/mol. The van der Waals surface area contributed by atoms with Crippen LogP contribution in [-0.4, -0.2) is 22.0 Å². The first kappa shape index (κ1) is 13.2. The van der Waals surface area contributed by atoms with Crippen molar-refractivity contribution < 1.29 is 13.5 Å². The van der Waals surface area contributed by atoms with Crippen LogP contribution in [0.5, 0.6) is 0 Å². The van der Waals surface area contributed by atoms with E-state index in [9.17, 15) is 13.5 Å². The quantitative estimate of drug-likeness (QED) is 0.663. The van der Waals surface area contributed by atoms with E-state index in [4.69, 9.17) is 11.6 Å². The Balaban J connectivity index is 3.11. The molecule has 84 valence electrons. The molecular formula is C9H10ClIO3S. The molecule has 1 rings (SSSR count). The number of aliphatic hydroxyl groups excluding tert-OH is 1. The van der Waals surface area contributed by atoms with Crippen molar-refractivity contribution in [3.63, 3.8) is 0 Å². The predicted molar refractivity (Wildman–Crippen MR) is 68.8 cm³/mol. The Kier molecular flexibility index (Phi) is 4.02. The number of alkyl halides is 2. The largest absolute Gasteiger partial charge is 0.385 e. The summed E-state index contributed by atoms with van der Waals surface area (Å²) in [6.45, 7) is 0. The van der Waals surface area contributed by atoms with E-state index in [1.165, 1.54) is 22.6 Å². The maximum absolute atomic E-state index is 11.4. The second kappa shape index (κ2) is 4.57. The first-order valence-electron chi connectivity index (χ1n) is 4.07. The van der Waals surface area contributed by atoms with Crippen molar-refractivity contribution in [1.82, 2.24) is 0 Å². The Morgan fingerprint density at radius 2 is 1.87 bits per heavy atom. The third-order valence-corrected chi connectivity index (χ3v) is 7.18. The number of aliphatic hydroxyl groups is 1. The van der Waals surface area contributed by atoms with Crippen LogP contribution in [-0.2, 0) is 9.84 Å². The van der Waals surface area contributed by atoms with E-state index in [1.54, 1.807) is 30.3 Å². The molecule has 0 amide bonds. The molecule has 0 heterocycles. The lowest BCUT2D eigenvalue weighted by Crippen LogP contribution is -2.31. The van der Waals surface area contributed by atoms with Gasteiger partial charge in [0, 0.05) is 6.26 Å². The summed E-state index contributed by atoms with van der Waals surface area (Å²) >= 11 is 7.39. The molecule has 0 fully saturated rings. The van der Waals surface area contributed by atoms with Crippen molar-refractivity contribution in [2.24, 2.45) is 0 Å². The number of rotatable bonds is 3. The van der Waals surface area contributed by atoms with Gasteiger partial charge in [0.2, 0.25) is 2.21 Å². The Labute approximate surface area is 108 Å². The molecule has 1 aromatic carbocycles. The highest BCUT2D eigenvalue weighted by molar-refractivity contribution is 14.1. The van der Waals surface area contributed by atoms with Crippen molar-refractivity contribution in [2.75, 3.05) is 6.26 Å². The maximum atomic E-state index is 11.4. The van der Waals surface area contributed by atoms with Gasteiger partial charge in [0.15, 0.2) is 9.84 Å². The lowest BCUT2D eigenvalue weighted by molar-refractivity contribution is 0.188. The molecule has 0 bridgehead atoms. The Morgan fingerprint density at radius 3 is 2.27 bits per heavy atom. The Hall–Kier alpha value is 0.150. The van der Waals surface area contributed by atoms with Crippen LogP contribution in [0.25, 0.3) is 0 Å². The molecule has 0 aromatic heterocycles. The van der Waals surface area contributed by atoms with Crippen LogP contribution in [0.3, 0.4) is 0 Å². The average Bonchev–Trinajstić information content (AvgIpc) is 2.16. The lowest BCUT2D eigenvalue weighted by atomic mass is 10.1. The van der Waals surface area contributed by atoms with Crippen molar-refractivity contribution in [1.29, 1.82) is 0 Å². The molecule has 0 aliphatic rings. The minimum Gasteiger partial charge on any atom is -0.385 e. The second-order valence-corrected chi connectivity index (χ2v) is 9.23. The van der Waals surface area contributed by atoms with E-state index < -0.39 is 18.2 Å². The van der Waals surface area contributed by atoms with Crippen molar-refractivity contribution in [2.45, 2.75) is 8.32 Å². The van der Waals surface area contributed by atoms with Crippen LogP contribution in [0.2, 0.25) is 0 Å². The summed E-state index contributed by atoms with van der Waals surface area (Å²) in [5, 5.41) is 9.87. The summed E-state index contributed by atoms with van der Waals surface area (Å²) in [5.74, 6) is 0. The zero-order valence-electron chi connectivity index (χ0n) is 7.89. The molecule has 0 aliphatic carbocycles. The van der Waals surface area contributed by atoms with E-state index in [0.29, 0.717) is 5.56 Å². The molecule has 6 heteroatoms. The van der Waals surface area contributed by atoms with E-state index >= 15 is 0 Å². The average molecular weight is 361 g/mol. The highest BCUT2D eigenvalue weighted by Crippen LogP contribution is 2.42. The third kappa shape index (κ3) is 2.83. The van der Waals surface area contributed by atoms with Gasteiger partial charge in [0.25, 0.3) is 0 Å². The molecule has 0 unspecified atom stereocenters. The van der Waals surface area contributed by atoms with Gasteiger partial charge in [-0.1, -0.05) is 41.9 Å². The first-order chi connectivity index (χ1) is 6.77. The van der Waals surface area contributed by atoms with Gasteiger partial charge in [-0.05, 0) is 28.2 Å². The fourth-order valence-electron chi connectivity index (χ4n) is 1.03. The van der Waals surface area contributed by atoms with E-state index in [2.05, 4.69) is 0 Å². The molecule has 0 spiro atoms. The standard InChI is InChI=1S/C9H10ClIO3S/c1-15(13,14)9(10,11)8(12)7-5-3-2-4-6-7/h2-6,8,12H,1H3/t8-,9-/m1/s1. The third-order valence-electron chi connectivity index (χ3n) is 1.93. The summed E-state index contributed by atoms with van der Waals surface area (Å²) in [7, 11) is -3.55. The molecule has 0 radical (unpaired) electrons. The molecule has 0 saturated carbocycles. The highest BCUT2D eigenvalue weighted by Gasteiger charge is 2.43. The van der Waals surface area contributed by atoms with Crippen LogP contribution < -0.4 is 0 Å². The molecule has 15 heavy (non-hydrogen) atoms. The van der Waals surface area contributed by atoms with Gasteiger partial charge in [0.05, 0.1) is 0 Å². The summed E-state index contributed by atoms with van der Waals surface area (Å²) in [5.41, 5.74) is 0.479. The Bertz CT molecular complexity index is 430. The molecule has 0 aliphatic heterocycles. The number of sulfone groups is 1. The van der Waals surface area contributed by atoms with Crippen molar-refractivity contribution >= 4 is 44.0 Å².